The lowest BCUT2D eigenvalue weighted by molar-refractivity contribution is 0.107. The quantitative estimate of drug-likeness (QED) is 0.692. The van der Waals surface area contributed by atoms with Crippen molar-refractivity contribution in [1.82, 2.24) is 5.32 Å². The van der Waals surface area contributed by atoms with Crippen molar-refractivity contribution in [2.45, 2.75) is 65.3 Å². The van der Waals surface area contributed by atoms with Crippen molar-refractivity contribution in [1.29, 1.82) is 0 Å². The van der Waals surface area contributed by atoms with Crippen molar-refractivity contribution in [2.24, 2.45) is 5.41 Å². The fourth-order valence-electron chi connectivity index (χ4n) is 2.61. The van der Waals surface area contributed by atoms with Crippen LogP contribution >= 0.6 is 0 Å². The first kappa shape index (κ1) is 11.0. The fraction of sp³-hybridized carbons (Fsp3) is 1.00. The Kier molecular flexibility index (Phi) is 3.39. The van der Waals surface area contributed by atoms with Crippen LogP contribution in [0.2, 0.25) is 0 Å². The molecule has 1 heterocycles. The van der Waals surface area contributed by atoms with E-state index in [1.807, 2.05) is 0 Å². The van der Waals surface area contributed by atoms with Gasteiger partial charge in [-0.3, -0.25) is 0 Å². The van der Waals surface area contributed by atoms with Crippen molar-refractivity contribution in [3.05, 3.63) is 0 Å². The summed E-state index contributed by atoms with van der Waals surface area (Å²) in [5.41, 5.74) is 0.858. The van der Waals surface area contributed by atoms with Gasteiger partial charge in [0.15, 0.2) is 0 Å². The van der Waals surface area contributed by atoms with Crippen LogP contribution in [0, 0.1) is 5.41 Å². The van der Waals surface area contributed by atoms with Gasteiger partial charge in [-0.25, -0.2) is 0 Å². The summed E-state index contributed by atoms with van der Waals surface area (Å²) in [6.07, 6.45) is 6.68. The van der Waals surface area contributed by atoms with Crippen LogP contribution in [0.15, 0.2) is 0 Å². The zero-order chi connectivity index (χ0) is 9.95. The van der Waals surface area contributed by atoms with Gasteiger partial charge < -0.3 is 5.32 Å². The largest absolute Gasteiger partial charge is 0.311 e. The Bertz CT molecular complexity index is 149. The van der Waals surface area contributed by atoms with E-state index in [4.69, 9.17) is 0 Å². The monoisotopic (exact) mass is 183 g/mol. The third-order valence-corrected chi connectivity index (χ3v) is 4.49. The van der Waals surface area contributed by atoms with Crippen LogP contribution in [0.5, 0.6) is 0 Å². The van der Waals surface area contributed by atoms with Gasteiger partial charge in [-0.1, -0.05) is 27.2 Å². The molecule has 0 amide bonds. The molecule has 0 aromatic carbocycles. The molecule has 1 rings (SSSR count). The molecule has 1 saturated heterocycles. The molecule has 0 saturated carbocycles. The van der Waals surface area contributed by atoms with E-state index in [1.54, 1.807) is 0 Å². The van der Waals surface area contributed by atoms with E-state index in [9.17, 15) is 0 Å². The Morgan fingerprint density at radius 2 is 1.77 bits per heavy atom. The summed E-state index contributed by atoms with van der Waals surface area (Å²) in [5.74, 6) is 0. The van der Waals surface area contributed by atoms with E-state index < -0.39 is 0 Å². The van der Waals surface area contributed by atoms with E-state index in [2.05, 4.69) is 33.0 Å². The summed E-state index contributed by atoms with van der Waals surface area (Å²) in [5, 5.41) is 3.75. The number of hydrogen-bond acceptors (Lipinski definition) is 1. The highest BCUT2D eigenvalue weighted by molar-refractivity contribution is 4.99. The molecule has 0 bridgehead atoms. The topological polar surface area (TPSA) is 12.0 Å². The Balaban J connectivity index is 2.85. The first-order chi connectivity index (χ1) is 6.08. The molecule has 0 aromatic heterocycles. The average molecular weight is 183 g/mol. The molecular formula is C12H25N. The summed E-state index contributed by atoms with van der Waals surface area (Å²) in [6, 6.07) is 0. The Labute approximate surface area is 83.3 Å². The molecule has 2 unspecified atom stereocenters. The summed E-state index contributed by atoms with van der Waals surface area (Å²) < 4.78 is 0. The number of nitrogens with one attached hydrogen (secondary N) is 1. The molecule has 1 nitrogen and oxygen atoms in total. The van der Waals surface area contributed by atoms with Gasteiger partial charge in [0.25, 0.3) is 0 Å². The van der Waals surface area contributed by atoms with Crippen LogP contribution in [0.4, 0.5) is 0 Å². The van der Waals surface area contributed by atoms with E-state index >= 15 is 0 Å². The summed E-state index contributed by atoms with van der Waals surface area (Å²) in [6.45, 7) is 10.7. The van der Waals surface area contributed by atoms with Gasteiger partial charge in [0.1, 0.15) is 0 Å². The predicted molar refractivity (Wildman–Crippen MR) is 58.9 cm³/mol. The van der Waals surface area contributed by atoms with Gasteiger partial charge in [-0.15, -0.1) is 0 Å². The molecule has 1 N–H and O–H groups in total. The van der Waals surface area contributed by atoms with E-state index in [0.717, 1.165) is 0 Å². The van der Waals surface area contributed by atoms with Gasteiger partial charge in [-0.2, -0.15) is 0 Å². The van der Waals surface area contributed by atoms with Gasteiger partial charge in [0, 0.05) is 5.54 Å². The van der Waals surface area contributed by atoms with Gasteiger partial charge in [-0.05, 0) is 44.6 Å². The fourth-order valence-corrected chi connectivity index (χ4v) is 2.61. The second-order valence-electron chi connectivity index (χ2n) is 4.98. The van der Waals surface area contributed by atoms with Crippen LogP contribution in [-0.2, 0) is 0 Å². The van der Waals surface area contributed by atoms with E-state index in [-0.39, 0.29) is 0 Å². The molecule has 1 aliphatic rings. The minimum atomic E-state index is 0.359. The first-order valence-electron chi connectivity index (χ1n) is 5.83. The molecule has 0 aromatic rings. The molecule has 0 radical (unpaired) electrons. The molecular weight excluding hydrogens is 158 g/mol. The molecule has 1 aliphatic heterocycles. The molecule has 1 fully saturated rings. The number of rotatable bonds is 2. The highest BCUT2D eigenvalue weighted by Crippen LogP contribution is 2.42. The summed E-state index contributed by atoms with van der Waals surface area (Å²) in [7, 11) is 0. The lowest BCUT2D eigenvalue weighted by Gasteiger charge is -2.45. The van der Waals surface area contributed by atoms with Crippen molar-refractivity contribution in [2.75, 3.05) is 6.54 Å². The normalized spacial score (nSPS) is 41.5. The van der Waals surface area contributed by atoms with Gasteiger partial charge in [0.2, 0.25) is 0 Å². The standard InChI is InChI=1S/C12H25N/c1-5-11(3)9-7-8-10-13-12(11,4)6-2/h13H,5-10H2,1-4H3. The van der Waals surface area contributed by atoms with Gasteiger partial charge in [0.05, 0.1) is 0 Å². The maximum atomic E-state index is 3.75. The van der Waals surface area contributed by atoms with Crippen LogP contribution in [0.3, 0.4) is 0 Å². The molecule has 2 atom stereocenters. The maximum absolute atomic E-state index is 3.75. The molecule has 0 spiro atoms. The number of hydrogen-bond donors (Lipinski definition) is 1. The van der Waals surface area contributed by atoms with Crippen LogP contribution < -0.4 is 5.32 Å². The predicted octanol–water partition coefficient (Wildman–Crippen LogP) is 3.34. The average Bonchev–Trinajstić information content (AvgIpc) is 2.29. The lowest BCUT2D eigenvalue weighted by Crippen LogP contribution is -2.53. The summed E-state index contributed by atoms with van der Waals surface area (Å²) >= 11 is 0. The Hall–Kier alpha value is -0.0400. The SMILES string of the molecule is CCC1(C)CCCCNC1(C)CC. The molecule has 13 heavy (non-hydrogen) atoms. The maximum Gasteiger partial charge on any atom is 0.0204 e. The smallest absolute Gasteiger partial charge is 0.0204 e. The van der Waals surface area contributed by atoms with E-state index in [0.29, 0.717) is 11.0 Å². The Morgan fingerprint density at radius 1 is 1.08 bits per heavy atom. The summed E-state index contributed by atoms with van der Waals surface area (Å²) in [4.78, 5) is 0. The second-order valence-corrected chi connectivity index (χ2v) is 4.98. The highest BCUT2D eigenvalue weighted by Gasteiger charge is 2.41. The second kappa shape index (κ2) is 4.00. The van der Waals surface area contributed by atoms with Crippen molar-refractivity contribution in [3.63, 3.8) is 0 Å². The minimum Gasteiger partial charge on any atom is -0.311 e. The zero-order valence-electron chi connectivity index (χ0n) is 9.74. The zero-order valence-corrected chi connectivity index (χ0v) is 9.74. The van der Waals surface area contributed by atoms with Crippen LogP contribution in [0.1, 0.15) is 59.8 Å². The minimum absolute atomic E-state index is 0.359. The molecule has 0 aliphatic carbocycles. The van der Waals surface area contributed by atoms with Crippen molar-refractivity contribution >= 4 is 0 Å². The molecule has 78 valence electrons. The van der Waals surface area contributed by atoms with Crippen molar-refractivity contribution in [3.8, 4) is 0 Å². The van der Waals surface area contributed by atoms with Crippen molar-refractivity contribution < 1.29 is 0 Å². The highest BCUT2D eigenvalue weighted by atomic mass is 15.0. The first-order valence-corrected chi connectivity index (χ1v) is 5.83. The molecule has 1 heteroatoms. The van der Waals surface area contributed by atoms with Crippen LogP contribution in [0.25, 0.3) is 0 Å². The third kappa shape index (κ3) is 1.90. The lowest BCUT2D eigenvalue weighted by atomic mass is 9.66. The van der Waals surface area contributed by atoms with Gasteiger partial charge >= 0.3 is 0 Å². The Morgan fingerprint density at radius 3 is 2.31 bits per heavy atom. The third-order valence-electron chi connectivity index (χ3n) is 4.49. The van der Waals surface area contributed by atoms with E-state index in [1.165, 1.54) is 38.6 Å². The van der Waals surface area contributed by atoms with Crippen LogP contribution in [-0.4, -0.2) is 12.1 Å².